The summed E-state index contributed by atoms with van der Waals surface area (Å²) < 4.78 is 11.5. The Morgan fingerprint density at radius 1 is 0.833 bits per heavy atom. The smallest absolute Gasteiger partial charge is 0.122 e. The summed E-state index contributed by atoms with van der Waals surface area (Å²) in [7, 11) is 0. The summed E-state index contributed by atoms with van der Waals surface area (Å²) in [6.45, 7) is 9.94. The van der Waals surface area contributed by atoms with E-state index in [0.29, 0.717) is 25.0 Å². The molecule has 0 unspecified atom stereocenters. The molecule has 0 radical (unpaired) electrons. The van der Waals surface area contributed by atoms with Crippen molar-refractivity contribution in [2.45, 2.75) is 38.5 Å². The molecular weight excluding hydrogens is 316 g/mol. The van der Waals surface area contributed by atoms with Gasteiger partial charge in [0.25, 0.3) is 0 Å². The Morgan fingerprint density at radius 2 is 1.50 bits per heavy atom. The van der Waals surface area contributed by atoms with Gasteiger partial charge in [0.2, 0.25) is 0 Å². The van der Waals surface area contributed by atoms with Crippen molar-refractivity contribution in [3.63, 3.8) is 0 Å². The molecule has 130 valence electrons. The number of benzene rings is 2. The first-order valence-electron chi connectivity index (χ1n) is 8.63. The highest BCUT2D eigenvalue weighted by molar-refractivity contribution is 7.99. The molecule has 0 spiro atoms. The molecule has 0 bridgehead atoms. The van der Waals surface area contributed by atoms with Crippen LogP contribution in [0.3, 0.4) is 0 Å². The van der Waals surface area contributed by atoms with Crippen LogP contribution in [0.4, 0.5) is 0 Å². The zero-order chi connectivity index (χ0) is 17.4. The summed E-state index contributed by atoms with van der Waals surface area (Å²) in [6, 6.07) is 16.6. The van der Waals surface area contributed by atoms with E-state index in [2.05, 4.69) is 52.0 Å². The fraction of sp³-hybridized carbons (Fsp3) is 0.429. The van der Waals surface area contributed by atoms with Crippen LogP contribution in [0.15, 0.2) is 53.4 Å². The highest BCUT2D eigenvalue weighted by atomic mass is 32.2. The van der Waals surface area contributed by atoms with E-state index in [-0.39, 0.29) is 0 Å². The van der Waals surface area contributed by atoms with Crippen LogP contribution < -0.4 is 9.47 Å². The summed E-state index contributed by atoms with van der Waals surface area (Å²) in [5.41, 5.74) is 1.29. The van der Waals surface area contributed by atoms with Crippen molar-refractivity contribution in [2.24, 2.45) is 5.92 Å². The summed E-state index contributed by atoms with van der Waals surface area (Å²) >= 11 is 1.89. The van der Waals surface area contributed by atoms with Crippen molar-refractivity contribution >= 4 is 11.8 Å². The van der Waals surface area contributed by atoms with E-state index < -0.39 is 0 Å². The second-order valence-corrected chi connectivity index (χ2v) is 7.69. The maximum absolute atomic E-state index is 5.78. The van der Waals surface area contributed by atoms with E-state index in [1.54, 1.807) is 0 Å². The number of ether oxygens (including phenoxy) is 2. The lowest BCUT2D eigenvalue weighted by Crippen LogP contribution is -2.09. The summed E-state index contributed by atoms with van der Waals surface area (Å²) in [6.07, 6.45) is 0. The largest absolute Gasteiger partial charge is 0.490 e. The third-order valence-corrected chi connectivity index (χ3v) is 4.99. The predicted molar refractivity (Wildman–Crippen MR) is 104 cm³/mol. The first-order chi connectivity index (χ1) is 11.5. The van der Waals surface area contributed by atoms with Crippen LogP contribution in [0.1, 0.15) is 39.2 Å². The van der Waals surface area contributed by atoms with Crippen LogP contribution in [-0.2, 0) is 0 Å². The molecule has 0 aliphatic heterocycles. The Kier molecular flexibility index (Phi) is 7.51. The standard InChI is InChI=1S/C21H28O2S/c1-16(2)15-24-21-10-8-19(9-11-21)22-12-13-23-20-7-5-6-18(14-20)17(3)4/h5-11,14,16-17H,12-13,15H2,1-4H3. The molecule has 0 N–H and O–H groups in total. The average molecular weight is 345 g/mol. The molecular formula is C21H28O2S. The van der Waals surface area contributed by atoms with E-state index in [1.165, 1.54) is 10.5 Å². The lowest BCUT2D eigenvalue weighted by molar-refractivity contribution is 0.217. The van der Waals surface area contributed by atoms with Crippen molar-refractivity contribution < 1.29 is 9.47 Å². The molecule has 0 amide bonds. The van der Waals surface area contributed by atoms with Gasteiger partial charge in [-0.25, -0.2) is 0 Å². The van der Waals surface area contributed by atoms with Crippen LogP contribution in [0, 0.1) is 5.92 Å². The normalized spacial score (nSPS) is 11.1. The average Bonchev–Trinajstić information content (AvgIpc) is 2.58. The molecule has 2 aromatic rings. The molecule has 0 fully saturated rings. The van der Waals surface area contributed by atoms with Crippen LogP contribution >= 0.6 is 11.8 Å². The number of hydrogen-bond acceptors (Lipinski definition) is 3. The van der Waals surface area contributed by atoms with Gasteiger partial charge in [0.05, 0.1) is 0 Å². The topological polar surface area (TPSA) is 18.5 Å². The van der Waals surface area contributed by atoms with E-state index in [0.717, 1.165) is 17.3 Å². The van der Waals surface area contributed by atoms with Gasteiger partial charge < -0.3 is 9.47 Å². The number of hydrogen-bond donors (Lipinski definition) is 0. The highest BCUT2D eigenvalue weighted by Crippen LogP contribution is 2.23. The molecule has 0 aliphatic carbocycles. The maximum atomic E-state index is 5.78. The fourth-order valence-electron chi connectivity index (χ4n) is 2.18. The Balaban J connectivity index is 1.73. The van der Waals surface area contributed by atoms with E-state index in [1.807, 2.05) is 36.0 Å². The first kappa shape index (κ1) is 18.7. The lowest BCUT2D eigenvalue weighted by Gasteiger charge is -2.11. The van der Waals surface area contributed by atoms with Gasteiger partial charge >= 0.3 is 0 Å². The molecule has 24 heavy (non-hydrogen) atoms. The zero-order valence-corrected chi connectivity index (χ0v) is 15.9. The molecule has 3 heteroatoms. The van der Waals surface area contributed by atoms with Gasteiger partial charge in [-0.15, -0.1) is 11.8 Å². The molecule has 2 aromatic carbocycles. The SMILES string of the molecule is CC(C)CSc1ccc(OCCOc2cccc(C(C)C)c2)cc1. The Labute approximate surface area is 150 Å². The second-order valence-electron chi connectivity index (χ2n) is 6.60. The van der Waals surface area contributed by atoms with Crippen molar-refractivity contribution in [3.8, 4) is 11.5 Å². The van der Waals surface area contributed by atoms with E-state index in [4.69, 9.17) is 9.47 Å². The summed E-state index contributed by atoms with van der Waals surface area (Å²) in [4.78, 5) is 1.29. The number of rotatable bonds is 9. The van der Waals surface area contributed by atoms with Gasteiger partial charge in [-0.1, -0.05) is 39.8 Å². The van der Waals surface area contributed by atoms with Gasteiger partial charge in [0, 0.05) is 10.6 Å². The van der Waals surface area contributed by atoms with Gasteiger partial charge in [-0.2, -0.15) is 0 Å². The lowest BCUT2D eigenvalue weighted by atomic mass is 10.0. The molecule has 0 aliphatic rings. The van der Waals surface area contributed by atoms with Crippen molar-refractivity contribution in [1.29, 1.82) is 0 Å². The molecule has 0 aromatic heterocycles. The monoisotopic (exact) mass is 344 g/mol. The van der Waals surface area contributed by atoms with E-state index >= 15 is 0 Å². The minimum atomic E-state index is 0.511. The van der Waals surface area contributed by atoms with Crippen LogP contribution in [0.5, 0.6) is 11.5 Å². The van der Waals surface area contributed by atoms with Crippen LogP contribution in [0.2, 0.25) is 0 Å². The third kappa shape index (κ3) is 6.48. The van der Waals surface area contributed by atoms with Gasteiger partial charge in [0.1, 0.15) is 24.7 Å². The van der Waals surface area contributed by atoms with Crippen LogP contribution in [0.25, 0.3) is 0 Å². The third-order valence-electron chi connectivity index (χ3n) is 3.55. The quantitative estimate of drug-likeness (QED) is 0.409. The maximum Gasteiger partial charge on any atom is 0.122 e. The Bertz CT molecular complexity index is 605. The van der Waals surface area contributed by atoms with Crippen LogP contribution in [-0.4, -0.2) is 19.0 Å². The minimum absolute atomic E-state index is 0.511. The van der Waals surface area contributed by atoms with Crippen molar-refractivity contribution in [3.05, 3.63) is 54.1 Å². The molecule has 2 nitrogen and oxygen atoms in total. The highest BCUT2D eigenvalue weighted by Gasteiger charge is 2.02. The fourth-order valence-corrected chi connectivity index (χ4v) is 3.03. The summed E-state index contributed by atoms with van der Waals surface area (Å²) in [5.74, 6) is 4.16. The van der Waals surface area contributed by atoms with Crippen molar-refractivity contribution in [2.75, 3.05) is 19.0 Å². The number of thioether (sulfide) groups is 1. The first-order valence-corrected chi connectivity index (χ1v) is 9.61. The van der Waals surface area contributed by atoms with E-state index in [9.17, 15) is 0 Å². The second kappa shape index (κ2) is 9.63. The summed E-state index contributed by atoms with van der Waals surface area (Å²) in [5, 5.41) is 0. The Hall–Kier alpha value is -1.61. The minimum Gasteiger partial charge on any atom is -0.490 e. The van der Waals surface area contributed by atoms with Gasteiger partial charge in [0.15, 0.2) is 0 Å². The van der Waals surface area contributed by atoms with Gasteiger partial charge in [-0.3, -0.25) is 0 Å². The molecule has 0 saturated heterocycles. The molecule has 0 saturated carbocycles. The molecule has 0 atom stereocenters. The van der Waals surface area contributed by atoms with Crippen molar-refractivity contribution in [1.82, 2.24) is 0 Å². The molecule has 0 heterocycles. The molecule has 2 rings (SSSR count). The zero-order valence-electron chi connectivity index (χ0n) is 15.1. The van der Waals surface area contributed by atoms with Gasteiger partial charge in [-0.05, 0) is 53.8 Å². The predicted octanol–water partition coefficient (Wildman–Crippen LogP) is 6.02. The Morgan fingerprint density at radius 3 is 2.12 bits per heavy atom.